The standard InChI is InChI=1S/C30H22N6/c1-3-4-9-19(2)35-25-12-7-5-10-21(25)23-15-28-24(14-27(23)35)22-11-6-8-13-26(22)36(28)30-32-17-20-16-31-18-33-29(20)34-30/h3-18H,1-2H3/b4-3-,19-9+. The first-order valence-corrected chi connectivity index (χ1v) is 11.9. The number of nitrogens with zero attached hydrogens (tertiary/aromatic N) is 6. The van der Waals surface area contributed by atoms with Crippen LogP contribution in [0.15, 0.2) is 97.6 Å². The molecule has 0 spiro atoms. The SMILES string of the molecule is C/C=C\C=C(/C)n1c2ccccc2c2cc3c(cc21)c1ccccc1n3-c1ncc2cncnc2n1. The molecule has 6 nitrogen and oxygen atoms in total. The third kappa shape index (κ3) is 2.91. The highest BCUT2D eigenvalue weighted by Crippen LogP contribution is 2.38. The Morgan fingerprint density at radius 1 is 0.778 bits per heavy atom. The monoisotopic (exact) mass is 466 g/mol. The third-order valence-corrected chi connectivity index (χ3v) is 6.79. The molecule has 172 valence electrons. The molecule has 0 saturated heterocycles. The van der Waals surface area contributed by atoms with Gasteiger partial charge < -0.3 is 4.57 Å². The Bertz CT molecular complexity index is 2020. The van der Waals surface area contributed by atoms with Crippen molar-refractivity contribution >= 4 is 60.3 Å². The summed E-state index contributed by atoms with van der Waals surface area (Å²) in [7, 11) is 0. The normalized spacial score (nSPS) is 12.8. The predicted molar refractivity (Wildman–Crippen MR) is 147 cm³/mol. The van der Waals surface area contributed by atoms with E-state index in [0.717, 1.165) is 27.2 Å². The van der Waals surface area contributed by atoms with Gasteiger partial charge in [0.05, 0.1) is 27.5 Å². The molecule has 0 unspecified atom stereocenters. The second-order valence-corrected chi connectivity index (χ2v) is 8.90. The number of rotatable bonds is 3. The maximum atomic E-state index is 4.81. The van der Waals surface area contributed by atoms with Gasteiger partial charge in [0.1, 0.15) is 6.33 Å². The number of hydrogen-bond donors (Lipinski definition) is 0. The molecule has 0 aliphatic heterocycles. The molecule has 0 saturated carbocycles. The molecule has 4 aromatic heterocycles. The van der Waals surface area contributed by atoms with E-state index in [4.69, 9.17) is 9.97 Å². The van der Waals surface area contributed by atoms with Gasteiger partial charge in [0.15, 0.2) is 5.65 Å². The van der Waals surface area contributed by atoms with E-state index in [-0.39, 0.29) is 0 Å². The minimum atomic E-state index is 0.597. The molecule has 4 heterocycles. The van der Waals surface area contributed by atoms with E-state index in [1.807, 2.05) is 6.92 Å². The highest BCUT2D eigenvalue weighted by atomic mass is 15.2. The first kappa shape index (κ1) is 20.5. The van der Waals surface area contributed by atoms with Crippen LogP contribution in [-0.2, 0) is 0 Å². The van der Waals surface area contributed by atoms with Crippen molar-refractivity contribution in [3.8, 4) is 5.95 Å². The van der Waals surface area contributed by atoms with Gasteiger partial charge in [-0.1, -0.05) is 48.6 Å². The fraction of sp³-hybridized carbons (Fsp3) is 0.0667. The zero-order chi connectivity index (χ0) is 24.2. The van der Waals surface area contributed by atoms with Crippen LogP contribution in [0.25, 0.3) is 66.3 Å². The number of allylic oxidation sites excluding steroid dienone is 4. The zero-order valence-corrected chi connectivity index (χ0v) is 19.9. The Labute approximate surface area is 206 Å². The quantitative estimate of drug-likeness (QED) is 0.262. The van der Waals surface area contributed by atoms with Crippen LogP contribution in [0.5, 0.6) is 0 Å². The summed E-state index contributed by atoms with van der Waals surface area (Å²) < 4.78 is 4.49. The van der Waals surface area contributed by atoms with Crippen molar-refractivity contribution in [2.75, 3.05) is 0 Å². The fourth-order valence-electron chi connectivity index (χ4n) is 5.21. The van der Waals surface area contributed by atoms with Gasteiger partial charge in [-0.25, -0.2) is 15.0 Å². The molecule has 7 rings (SSSR count). The van der Waals surface area contributed by atoms with Crippen molar-refractivity contribution in [1.82, 2.24) is 29.1 Å². The van der Waals surface area contributed by atoms with Crippen molar-refractivity contribution in [2.45, 2.75) is 13.8 Å². The molecule has 0 amide bonds. The van der Waals surface area contributed by atoms with E-state index in [1.165, 1.54) is 33.8 Å². The van der Waals surface area contributed by atoms with E-state index in [0.29, 0.717) is 11.6 Å². The van der Waals surface area contributed by atoms with Crippen molar-refractivity contribution in [3.63, 3.8) is 0 Å². The first-order valence-electron chi connectivity index (χ1n) is 11.9. The number of benzene rings is 3. The van der Waals surface area contributed by atoms with Crippen molar-refractivity contribution in [3.05, 3.63) is 97.6 Å². The molecule has 7 aromatic rings. The number of hydrogen-bond acceptors (Lipinski definition) is 4. The van der Waals surface area contributed by atoms with Crippen LogP contribution in [0.1, 0.15) is 13.8 Å². The second-order valence-electron chi connectivity index (χ2n) is 8.90. The minimum absolute atomic E-state index is 0.597. The third-order valence-electron chi connectivity index (χ3n) is 6.79. The van der Waals surface area contributed by atoms with Crippen molar-refractivity contribution in [2.24, 2.45) is 0 Å². The summed E-state index contributed by atoms with van der Waals surface area (Å²) in [6, 6.07) is 21.6. The Morgan fingerprint density at radius 2 is 1.50 bits per heavy atom. The van der Waals surface area contributed by atoms with Gasteiger partial charge in [0.25, 0.3) is 0 Å². The van der Waals surface area contributed by atoms with Gasteiger partial charge in [-0.2, -0.15) is 4.98 Å². The summed E-state index contributed by atoms with van der Waals surface area (Å²) in [5.74, 6) is 0.597. The summed E-state index contributed by atoms with van der Waals surface area (Å²) in [4.78, 5) is 18.0. The van der Waals surface area contributed by atoms with Gasteiger partial charge in [0.2, 0.25) is 5.95 Å². The van der Waals surface area contributed by atoms with Crippen LogP contribution in [0.3, 0.4) is 0 Å². The van der Waals surface area contributed by atoms with Crippen molar-refractivity contribution < 1.29 is 0 Å². The van der Waals surface area contributed by atoms with Crippen LogP contribution in [0.4, 0.5) is 0 Å². The average Bonchev–Trinajstić information content (AvgIpc) is 3.42. The highest BCUT2D eigenvalue weighted by Gasteiger charge is 2.19. The molecule has 0 N–H and O–H groups in total. The summed E-state index contributed by atoms with van der Waals surface area (Å²) in [5.41, 5.74) is 6.29. The van der Waals surface area contributed by atoms with Gasteiger partial charge in [-0.15, -0.1) is 0 Å². The lowest BCUT2D eigenvalue weighted by atomic mass is 10.1. The maximum absolute atomic E-state index is 4.81. The average molecular weight is 467 g/mol. The van der Waals surface area contributed by atoms with Gasteiger partial charge in [0, 0.05) is 39.6 Å². The largest absolute Gasteiger partial charge is 0.313 e. The topological polar surface area (TPSA) is 61.4 Å². The Balaban J connectivity index is 1.63. The van der Waals surface area contributed by atoms with Gasteiger partial charge in [-0.05, 0) is 44.2 Å². The molecular formula is C30H22N6. The Hall–Kier alpha value is -4.84. The fourth-order valence-corrected chi connectivity index (χ4v) is 5.21. The lowest BCUT2D eigenvalue weighted by molar-refractivity contribution is 0.996. The molecule has 0 aliphatic rings. The smallest absolute Gasteiger partial charge is 0.236 e. The molecule has 0 bridgehead atoms. The van der Waals surface area contributed by atoms with Gasteiger partial charge in [-0.3, -0.25) is 4.57 Å². The van der Waals surface area contributed by atoms with Gasteiger partial charge >= 0.3 is 0 Å². The summed E-state index contributed by atoms with van der Waals surface area (Å²) in [6.45, 7) is 4.19. The van der Waals surface area contributed by atoms with E-state index in [1.54, 1.807) is 12.4 Å². The predicted octanol–water partition coefficient (Wildman–Crippen LogP) is 7.06. The first-order chi connectivity index (χ1) is 17.7. The molecular weight excluding hydrogens is 444 g/mol. The van der Waals surface area contributed by atoms with Crippen molar-refractivity contribution in [1.29, 1.82) is 0 Å². The second kappa shape index (κ2) is 7.85. The van der Waals surface area contributed by atoms with E-state index in [9.17, 15) is 0 Å². The summed E-state index contributed by atoms with van der Waals surface area (Å²) >= 11 is 0. The van der Waals surface area contributed by atoms with E-state index >= 15 is 0 Å². The molecule has 0 radical (unpaired) electrons. The summed E-state index contributed by atoms with van der Waals surface area (Å²) in [6.07, 6.45) is 11.3. The maximum Gasteiger partial charge on any atom is 0.236 e. The van der Waals surface area contributed by atoms with Crippen LogP contribution in [0.2, 0.25) is 0 Å². The lowest BCUT2D eigenvalue weighted by Crippen LogP contribution is -2.02. The Morgan fingerprint density at radius 3 is 2.33 bits per heavy atom. The molecule has 0 fully saturated rings. The lowest BCUT2D eigenvalue weighted by Gasteiger charge is -2.08. The summed E-state index contributed by atoms with van der Waals surface area (Å²) in [5, 5.41) is 5.54. The number of para-hydroxylation sites is 2. The van der Waals surface area contributed by atoms with Crippen LogP contribution >= 0.6 is 0 Å². The molecule has 6 heteroatoms. The highest BCUT2D eigenvalue weighted by molar-refractivity contribution is 6.19. The molecule has 0 atom stereocenters. The van der Waals surface area contributed by atoms with E-state index in [2.05, 4.69) is 105 Å². The van der Waals surface area contributed by atoms with Crippen LogP contribution in [-0.4, -0.2) is 29.1 Å². The number of fused-ring (bicyclic) bond motifs is 7. The molecule has 0 aliphatic carbocycles. The van der Waals surface area contributed by atoms with Crippen LogP contribution in [0, 0.1) is 0 Å². The molecule has 3 aromatic carbocycles. The zero-order valence-electron chi connectivity index (χ0n) is 19.9. The number of aromatic nitrogens is 6. The minimum Gasteiger partial charge on any atom is -0.313 e. The van der Waals surface area contributed by atoms with Crippen LogP contribution < -0.4 is 0 Å². The Kier molecular flexibility index (Phi) is 4.48. The van der Waals surface area contributed by atoms with E-state index < -0.39 is 0 Å². The molecule has 36 heavy (non-hydrogen) atoms.